The number of esters is 1. The zero-order valence-electron chi connectivity index (χ0n) is 23.9. The first-order chi connectivity index (χ1) is 20.4. The Morgan fingerprint density at radius 1 is 1.05 bits per heavy atom. The Kier molecular flexibility index (Phi) is 7.39. The number of aromatic amines is 1. The predicted octanol–water partition coefficient (Wildman–Crippen LogP) is 5.73. The first kappa shape index (κ1) is 27.5. The van der Waals surface area contributed by atoms with Crippen LogP contribution in [0.25, 0.3) is 28.2 Å². The Hall–Kier alpha value is -4.69. The average molecular weight is 578 g/mol. The molecule has 0 bridgehead atoms. The van der Waals surface area contributed by atoms with Crippen LogP contribution in [0, 0.1) is 0 Å². The Balaban J connectivity index is 1.57. The molecule has 0 radical (unpaired) electrons. The van der Waals surface area contributed by atoms with Crippen molar-refractivity contribution in [3.63, 3.8) is 0 Å². The minimum atomic E-state index is -0.693. The fourth-order valence-electron chi connectivity index (χ4n) is 5.37. The summed E-state index contributed by atoms with van der Waals surface area (Å²) in [5.74, 6) is 0.232. The van der Waals surface area contributed by atoms with Crippen molar-refractivity contribution in [1.29, 1.82) is 0 Å². The van der Waals surface area contributed by atoms with Crippen LogP contribution in [0.3, 0.4) is 0 Å². The number of allylic oxidation sites excluding steroid dienone is 1. The lowest BCUT2D eigenvalue weighted by Gasteiger charge is -2.25. The van der Waals surface area contributed by atoms with Crippen molar-refractivity contribution < 1.29 is 14.3 Å². The Morgan fingerprint density at radius 3 is 2.48 bits per heavy atom. The van der Waals surface area contributed by atoms with E-state index in [2.05, 4.69) is 4.98 Å². The van der Waals surface area contributed by atoms with Gasteiger partial charge in [0.15, 0.2) is 4.80 Å². The molecule has 0 aliphatic carbocycles. The van der Waals surface area contributed by atoms with Crippen LogP contribution in [0.15, 0.2) is 99.9 Å². The number of para-hydroxylation sites is 1. The molecule has 8 heteroatoms. The normalized spacial score (nSPS) is 15.2. The second kappa shape index (κ2) is 11.3. The maximum Gasteiger partial charge on any atom is 0.338 e. The molecule has 1 atom stereocenters. The average Bonchev–Trinajstić information content (AvgIpc) is 3.50. The molecule has 0 unspecified atom stereocenters. The fraction of sp³-hybridized carbons (Fsp3) is 0.206. The van der Waals surface area contributed by atoms with E-state index >= 15 is 0 Å². The lowest BCUT2D eigenvalue weighted by atomic mass is 9.96. The van der Waals surface area contributed by atoms with E-state index < -0.39 is 12.0 Å². The third-order valence-corrected chi connectivity index (χ3v) is 8.16. The van der Waals surface area contributed by atoms with E-state index in [9.17, 15) is 9.59 Å². The molecule has 0 saturated heterocycles. The number of aromatic nitrogens is 2. The van der Waals surface area contributed by atoms with Gasteiger partial charge in [-0.3, -0.25) is 9.36 Å². The first-order valence-electron chi connectivity index (χ1n) is 14.0. The number of rotatable bonds is 7. The highest BCUT2D eigenvalue weighted by atomic mass is 32.1. The SMILES string of the molecule is CCOc1ccc([C@@H]2C(C(=O)OC(C)C)=C(C)N=c3s/c(=C/c4c(-c5ccccc5)[nH]c5ccccc45)c(=O)n32)cc1. The van der Waals surface area contributed by atoms with Crippen LogP contribution in [-0.4, -0.2) is 28.2 Å². The Bertz CT molecular complexity index is 2000. The number of ether oxygens (including phenoxy) is 2. The quantitative estimate of drug-likeness (QED) is 0.250. The van der Waals surface area contributed by atoms with E-state index in [0.29, 0.717) is 33.0 Å². The van der Waals surface area contributed by atoms with Crippen LogP contribution in [0.5, 0.6) is 5.75 Å². The van der Waals surface area contributed by atoms with E-state index in [1.807, 2.05) is 91.9 Å². The molecule has 3 aromatic carbocycles. The minimum absolute atomic E-state index is 0.218. The fourth-order valence-corrected chi connectivity index (χ4v) is 6.39. The van der Waals surface area contributed by atoms with Crippen molar-refractivity contribution in [2.24, 2.45) is 4.99 Å². The van der Waals surface area contributed by atoms with E-state index in [4.69, 9.17) is 14.5 Å². The van der Waals surface area contributed by atoms with Crippen molar-refractivity contribution in [3.05, 3.63) is 121 Å². The molecule has 212 valence electrons. The smallest absolute Gasteiger partial charge is 0.338 e. The highest BCUT2D eigenvalue weighted by molar-refractivity contribution is 7.07. The largest absolute Gasteiger partial charge is 0.494 e. The number of H-pyrrole nitrogens is 1. The van der Waals surface area contributed by atoms with Gasteiger partial charge >= 0.3 is 5.97 Å². The Morgan fingerprint density at radius 2 is 1.76 bits per heavy atom. The molecule has 7 nitrogen and oxygen atoms in total. The molecular formula is C34H31N3O4S. The van der Waals surface area contributed by atoms with Crippen LogP contribution in [0.4, 0.5) is 0 Å². The predicted molar refractivity (Wildman–Crippen MR) is 166 cm³/mol. The molecule has 1 aliphatic rings. The van der Waals surface area contributed by atoms with Crippen molar-refractivity contribution in [2.45, 2.75) is 39.8 Å². The zero-order valence-corrected chi connectivity index (χ0v) is 24.7. The van der Waals surface area contributed by atoms with Gasteiger partial charge in [0.2, 0.25) is 0 Å². The van der Waals surface area contributed by atoms with Gasteiger partial charge in [0.1, 0.15) is 5.75 Å². The van der Waals surface area contributed by atoms with Gasteiger partial charge in [0.05, 0.1) is 40.2 Å². The van der Waals surface area contributed by atoms with Crippen molar-refractivity contribution in [3.8, 4) is 17.0 Å². The van der Waals surface area contributed by atoms with Crippen LogP contribution in [-0.2, 0) is 9.53 Å². The molecule has 42 heavy (non-hydrogen) atoms. The lowest BCUT2D eigenvalue weighted by Crippen LogP contribution is -2.40. The monoisotopic (exact) mass is 577 g/mol. The number of carbonyl (C=O) groups excluding carboxylic acids is 1. The van der Waals surface area contributed by atoms with E-state index in [0.717, 1.165) is 33.3 Å². The molecule has 0 amide bonds. The lowest BCUT2D eigenvalue weighted by molar-refractivity contribution is -0.143. The number of hydrogen-bond acceptors (Lipinski definition) is 6. The molecular weight excluding hydrogens is 546 g/mol. The second-order valence-electron chi connectivity index (χ2n) is 10.4. The van der Waals surface area contributed by atoms with Gasteiger partial charge in [-0.1, -0.05) is 72.0 Å². The number of carbonyl (C=O) groups is 1. The molecule has 0 saturated carbocycles. The summed E-state index contributed by atoms with van der Waals surface area (Å²) < 4.78 is 13.4. The van der Waals surface area contributed by atoms with Crippen LogP contribution < -0.4 is 19.6 Å². The summed E-state index contributed by atoms with van der Waals surface area (Å²) in [6.45, 7) is 7.87. The van der Waals surface area contributed by atoms with Crippen LogP contribution in [0.1, 0.15) is 44.9 Å². The third-order valence-electron chi connectivity index (χ3n) is 7.18. The number of fused-ring (bicyclic) bond motifs is 2. The topological polar surface area (TPSA) is 85.7 Å². The van der Waals surface area contributed by atoms with Gasteiger partial charge in [0.25, 0.3) is 5.56 Å². The van der Waals surface area contributed by atoms with E-state index in [1.165, 1.54) is 11.3 Å². The molecule has 0 fully saturated rings. The standard InChI is InChI=1S/C34H31N3O4S/c1-5-40-24-17-15-23(16-18-24)31-29(33(39)41-20(2)3)21(4)35-34-37(31)32(38)28(42-34)19-26-25-13-9-10-14-27(25)36-30(26)22-11-7-6-8-12-22/h6-20,31,36H,5H2,1-4H3/b28-19+/t31-/m1/s1. The maximum atomic E-state index is 14.2. The molecule has 3 heterocycles. The molecule has 5 aromatic rings. The number of nitrogens with one attached hydrogen (secondary N) is 1. The summed E-state index contributed by atoms with van der Waals surface area (Å²) >= 11 is 1.32. The van der Waals surface area contributed by atoms with Crippen LogP contribution >= 0.6 is 11.3 Å². The van der Waals surface area contributed by atoms with Crippen LogP contribution in [0.2, 0.25) is 0 Å². The molecule has 0 spiro atoms. The summed E-state index contributed by atoms with van der Waals surface area (Å²) in [4.78, 5) is 36.5. The van der Waals surface area contributed by atoms with Crippen molar-refractivity contribution >= 4 is 34.3 Å². The van der Waals surface area contributed by atoms with Gasteiger partial charge in [-0.05, 0) is 63.1 Å². The zero-order chi connectivity index (χ0) is 29.4. The molecule has 1 aliphatic heterocycles. The summed E-state index contributed by atoms with van der Waals surface area (Å²) in [6.07, 6.45) is 1.62. The number of hydrogen-bond donors (Lipinski definition) is 1. The van der Waals surface area contributed by atoms with Crippen molar-refractivity contribution in [2.75, 3.05) is 6.61 Å². The number of thiazole rings is 1. The summed E-state index contributed by atoms with van der Waals surface area (Å²) in [6, 6.07) is 24.9. The minimum Gasteiger partial charge on any atom is -0.494 e. The molecule has 1 N–H and O–H groups in total. The van der Waals surface area contributed by atoms with Gasteiger partial charge < -0.3 is 14.5 Å². The highest BCUT2D eigenvalue weighted by Gasteiger charge is 2.34. The summed E-state index contributed by atoms with van der Waals surface area (Å²) in [5.41, 5.74) is 5.30. The molecule has 2 aromatic heterocycles. The van der Waals surface area contributed by atoms with Crippen molar-refractivity contribution in [1.82, 2.24) is 9.55 Å². The molecule has 6 rings (SSSR count). The number of benzene rings is 3. The maximum absolute atomic E-state index is 14.2. The summed E-state index contributed by atoms with van der Waals surface area (Å²) in [5, 5.41) is 1.02. The van der Waals surface area contributed by atoms with E-state index in [-0.39, 0.29) is 11.7 Å². The van der Waals surface area contributed by atoms with E-state index in [1.54, 1.807) is 25.3 Å². The third kappa shape index (κ3) is 4.99. The highest BCUT2D eigenvalue weighted by Crippen LogP contribution is 2.33. The van der Waals surface area contributed by atoms with Gasteiger partial charge in [-0.25, -0.2) is 9.79 Å². The Labute approximate surface area is 247 Å². The van der Waals surface area contributed by atoms with Gasteiger partial charge in [-0.2, -0.15) is 0 Å². The second-order valence-corrected chi connectivity index (χ2v) is 11.4. The van der Waals surface area contributed by atoms with Gasteiger partial charge in [0, 0.05) is 16.5 Å². The summed E-state index contributed by atoms with van der Waals surface area (Å²) in [7, 11) is 0. The number of nitrogens with zero attached hydrogens (tertiary/aromatic N) is 2. The first-order valence-corrected chi connectivity index (χ1v) is 14.8. The van der Waals surface area contributed by atoms with Gasteiger partial charge in [-0.15, -0.1) is 0 Å².